The predicted octanol–water partition coefficient (Wildman–Crippen LogP) is 3.93. The molecule has 0 aliphatic heterocycles. The molecule has 3 rings (SSSR count). The second-order valence-corrected chi connectivity index (χ2v) is 4.55. The lowest BCUT2D eigenvalue weighted by molar-refractivity contribution is -0.384. The highest BCUT2D eigenvalue weighted by molar-refractivity contribution is 5.72. The number of hydrogen-bond donors (Lipinski definition) is 0. The van der Waals surface area contributed by atoms with E-state index in [4.69, 9.17) is 0 Å². The van der Waals surface area contributed by atoms with Gasteiger partial charge < -0.3 is 4.40 Å². The maximum atomic E-state index is 13.0. The maximum Gasteiger partial charge on any atom is 0.419 e. The third kappa shape index (κ3) is 2.28. The summed E-state index contributed by atoms with van der Waals surface area (Å²) in [5, 5.41) is 11.0. The van der Waals surface area contributed by atoms with Gasteiger partial charge in [-0.15, -0.1) is 0 Å². The second kappa shape index (κ2) is 4.83. The summed E-state index contributed by atoms with van der Waals surface area (Å²) >= 11 is 0. The fourth-order valence-electron chi connectivity index (χ4n) is 2.21. The maximum absolute atomic E-state index is 13.0. The predicted molar refractivity (Wildman–Crippen MR) is 72.3 cm³/mol. The molecule has 0 aliphatic carbocycles. The van der Waals surface area contributed by atoms with Gasteiger partial charge in [0.25, 0.3) is 5.69 Å². The lowest BCUT2D eigenvalue weighted by atomic mass is 10.1. The van der Waals surface area contributed by atoms with Gasteiger partial charge in [0.1, 0.15) is 5.65 Å². The molecule has 0 aliphatic rings. The van der Waals surface area contributed by atoms with Gasteiger partial charge in [0.15, 0.2) is 0 Å². The first-order valence-electron chi connectivity index (χ1n) is 6.16. The van der Waals surface area contributed by atoms with Gasteiger partial charge in [-0.3, -0.25) is 10.1 Å². The van der Waals surface area contributed by atoms with Crippen LogP contribution in [0, 0.1) is 10.1 Å². The van der Waals surface area contributed by atoms with Crippen molar-refractivity contribution in [1.82, 2.24) is 9.38 Å². The van der Waals surface area contributed by atoms with Crippen LogP contribution >= 0.6 is 0 Å². The van der Waals surface area contributed by atoms with E-state index in [0.717, 1.165) is 6.07 Å². The first-order valence-corrected chi connectivity index (χ1v) is 6.16. The summed E-state index contributed by atoms with van der Waals surface area (Å²) in [6.45, 7) is 0. The Morgan fingerprint density at radius 1 is 1.14 bits per heavy atom. The molecule has 0 saturated carbocycles. The van der Waals surface area contributed by atoms with E-state index in [-0.39, 0.29) is 22.6 Å². The van der Waals surface area contributed by atoms with Gasteiger partial charge in [0.05, 0.1) is 21.7 Å². The number of alkyl halides is 3. The Morgan fingerprint density at radius 2 is 1.86 bits per heavy atom. The van der Waals surface area contributed by atoms with Crippen LogP contribution < -0.4 is 0 Å². The Bertz CT molecular complexity index is 871. The number of pyridine rings is 1. The molecule has 0 unspecified atom stereocenters. The zero-order valence-electron chi connectivity index (χ0n) is 10.9. The number of para-hydroxylation sites is 1. The monoisotopic (exact) mass is 307 g/mol. The van der Waals surface area contributed by atoms with E-state index in [9.17, 15) is 23.3 Å². The topological polar surface area (TPSA) is 60.4 Å². The number of nitrogens with zero attached hydrogens (tertiary/aromatic N) is 3. The summed E-state index contributed by atoms with van der Waals surface area (Å²) in [6, 6.07) is 7.96. The average Bonchev–Trinajstić information content (AvgIpc) is 2.89. The average molecular weight is 307 g/mol. The number of halogens is 3. The van der Waals surface area contributed by atoms with Crippen LogP contribution in [0.15, 0.2) is 48.8 Å². The molecular weight excluding hydrogens is 299 g/mol. The first kappa shape index (κ1) is 14.1. The lowest BCUT2D eigenvalue weighted by Gasteiger charge is -2.06. The molecule has 8 heteroatoms. The van der Waals surface area contributed by atoms with Crippen LogP contribution in [0.5, 0.6) is 0 Å². The molecule has 0 amide bonds. The number of imidazole rings is 1. The lowest BCUT2D eigenvalue weighted by Crippen LogP contribution is -2.07. The quantitative estimate of drug-likeness (QED) is 0.532. The number of hydrogen-bond acceptors (Lipinski definition) is 3. The number of fused-ring (bicyclic) bond motifs is 1. The third-order valence-electron chi connectivity index (χ3n) is 3.16. The van der Waals surface area contributed by atoms with Gasteiger partial charge in [-0.1, -0.05) is 12.1 Å². The molecule has 22 heavy (non-hydrogen) atoms. The normalized spacial score (nSPS) is 11.8. The van der Waals surface area contributed by atoms with Crippen molar-refractivity contribution >= 4 is 11.3 Å². The summed E-state index contributed by atoms with van der Waals surface area (Å²) in [5.74, 6) is 0. The second-order valence-electron chi connectivity index (χ2n) is 4.55. The van der Waals surface area contributed by atoms with Gasteiger partial charge in [-0.2, -0.15) is 13.2 Å². The molecule has 0 atom stereocenters. The smallest absolute Gasteiger partial charge is 0.306 e. The molecule has 3 aromatic rings. The van der Waals surface area contributed by atoms with Crippen molar-refractivity contribution in [2.75, 3.05) is 0 Å². The fraction of sp³-hybridized carbons (Fsp3) is 0.0714. The van der Waals surface area contributed by atoms with Crippen molar-refractivity contribution in [3.8, 4) is 11.3 Å². The van der Waals surface area contributed by atoms with Crippen molar-refractivity contribution in [1.29, 1.82) is 0 Å². The molecule has 2 heterocycles. The summed E-state index contributed by atoms with van der Waals surface area (Å²) < 4.78 is 40.1. The molecule has 112 valence electrons. The molecular formula is C14H8F3N3O2. The molecule has 0 fully saturated rings. The number of nitro groups is 1. The Kier molecular flexibility index (Phi) is 3.09. The minimum Gasteiger partial charge on any atom is -0.306 e. The summed E-state index contributed by atoms with van der Waals surface area (Å²) in [4.78, 5) is 14.4. The summed E-state index contributed by atoms with van der Waals surface area (Å²) in [5.41, 5.74) is -1.10. The minimum atomic E-state index is -4.55. The number of rotatable bonds is 2. The zero-order chi connectivity index (χ0) is 15.9. The van der Waals surface area contributed by atoms with Crippen molar-refractivity contribution in [2.24, 2.45) is 0 Å². The highest BCUT2D eigenvalue weighted by atomic mass is 19.4. The highest BCUT2D eigenvalue weighted by Crippen LogP contribution is 2.34. The SMILES string of the molecule is O=[N+]([O-])c1ccccc1-c1cn2cccc(C(F)(F)F)c2n1. The van der Waals surface area contributed by atoms with Crippen LogP contribution in [0.1, 0.15) is 5.56 Å². The summed E-state index contributed by atoms with van der Waals surface area (Å²) in [6.07, 6.45) is -1.80. The highest BCUT2D eigenvalue weighted by Gasteiger charge is 2.34. The van der Waals surface area contributed by atoms with E-state index in [1.807, 2.05) is 0 Å². The molecule has 5 nitrogen and oxygen atoms in total. The molecule has 0 N–H and O–H groups in total. The van der Waals surface area contributed by atoms with Crippen molar-refractivity contribution in [3.05, 3.63) is 64.5 Å². The van der Waals surface area contributed by atoms with Crippen LogP contribution in [-0.2, 0) is 6.18 Å². The molecule has 2 aromatic heterocycles. The molecule has 0 bridgehead atoms. The van der Waals surface area contributed by atoms with Crippen molar-refractivity contribution < 1.29 is 18.1 Å². The standard InChI is InChI=1S/C14H8F3N3O2/c15-14(16,17)10-5-3-7-19-8-11(18-13(10)19)9-4-1-2-6-12(9)20(21)22/h1-8H. The van der Waals surface area contributed by atoms with Crippen LogP contribution in [0.25, 0.3) is 16.9 Å². The van der Waals surface area contributed by atoms with Gasteiger partial charge in [-0.25, -0.2) is 4.98 Å². The van der Waals surface area contributed by atoms with Crippen molar-refractivity contribution in [3.63, 3.8) is 0 Å². The van der Waals surface area contributed by atoms with Crippen LogP contribution in [-0.4, -0.2) is 14.3 Å². The fourth-order valence-corrected chi connectivity index (χ4v) is 2.21. The number of benzene rings is 1. The minimum absolute atomic E-state index is 0.115. The van der Waals surface area contributed by atoms with Gasteiger partial charge in [0, 0.05) is 18.5 Å². The van der Waals surface area contributed by atoms with E-state index < -0.39 is 16.7 Å². The Labute approximate surface area is 121 Å². The Hall–Kier alpha value is -2.90. The van der Waals surface area contributed by atoms with Gasteiger partial charge >= 0.3 is 6.18 Å². The first-order chi connectivity index (χ1) is 10.4. The van der Waals surface area contributed by atoms with E-state index in [1.165, 1.54) is 41.1 Å². The molecule has 0 radical (unpaired) electrons. The van der Waals surface area contributed by atoms with Crippen molar-refractivity contribution in [2.45, 2.75) is 6.18 Å². The Morgan fingerprint density at radius 3 is 2.55 bits per heavy atom. The molecule has 1 aromatic carbocycles. The van der Waals surface area contributed by atoms with E-state index in [2.05, 4.69) is 4.98 Å². The molecule has 0 spiro atoms. The third-order valence-corrected chi connectivity index (χ3v) is 3.16. The molecule has 0 saturated heterocycles. The van der Waals surface area contributed by atoms with E-state index >= 15 is 0 Å². The van der Waals surface area contributed by atoms with Crippen LogP contribution in [0.3, 0.4) is 0 Å². The zero-order valence-corrected chi connectivity index (χ0v) is 10.9. The van der Waals surface area contributed by atoms with E-state index in [1.54, 1.807) is 6.07 Å². The van der Waals surface area contributed by atoms with Crippen LogP contribution in [0.2, 0.25) is 0 Å². The van der Waals surface area contributed by atoms with E-state index in [0.29, 0.717) is 0 Å². The van der Waals surface area contributed by atoms with Gasteiger partial charge in [0.2, 0.25) is 0 Å². The van der Waals surface area contributed by atoms with Crippen LogP contribution in [0.4, 0.5) is 18.9 Å². The van der Waals surface area contributed by atoms with Gasteiger partial charge in [-0.05, 0) is 18.2 Å². The summed E-state index contributed by atoms with van der Waals surface area (Å²) in [7, 11) is 0. The number of aromatic nitrogens is 2. The largest absolute Gasteiger partial charge is 0.419 e. The Balaban J connectivity index is 2.25. The number of nitro benzene ring substituents is 1.